The molecule has 0 atom stereocenters. The maximum absolute atomic E-state index is 13.3. The molecule has 12 heteroatoms. The summed E-state index contributed by atoms with van der Waals surface area (Å²) in [5, 5.41) is 2.94. The minimum Gasteiger partial charge on any atom is -0.467 e. The third-order valence-electron chi connectivity index (χ3n) is 7.44. The summed E-state index contributed by atoms with van der Waals surface area (Å²) in [6.45, 7) is 3.00. The number of thiazole rings is 1. The Morgan fingerprint density at radius 1 is 0.921 bits per heavy atom. The molecule has 2 fully saturated rings. The number of imidazole rings is 1. The molecule has 38 heavy (non-hydrogen) atoms. The van der Waals surface area contributed by atoms with E-state index >= 15 is 0 Å². The average molecular weight is 535 g/mol. The van der Waals surface area contributed by atoms with E-state index in [1.165, 1.54) is 14.2 Å². The first-order chi connectivity index (χ1) is 18.6. The number of piperidine rings is 2. The molecule has 2 aliphatic heterocycles. The highest BCUT2D eigenvalue weighted by Gasteiger charge is 2.29. The molecule has 3 aromatic heterocycles. The van der Waals surface area contributed by atoms with E-state index < -0.39 is 0 Å². The molecule has 0 radical (unpaired) electrons. The van der Waals surface area contributed by atoms with Crippen molar-refractivity contribution in [3.63, 3.8) is 0 Å². The topological polar surface area (TPSA) is 111 Å². The minimum atomic E-state index is 0.0308. The predicted octanol–water partition coefficient (Wildman–Crippen LogP) is 3.56. The number of fused-ring (bicyclic) bond motifs is 1. The summed E-state index contributed by atoms with van der Waals surface area (Å²) >= 11 is 1.59. The van der Waals surface area contributed by atoms with Crippen molar-refractivity contribution in [3.05, 3.63) is 46.7 Å². The van der Waals surface area contributed by atoms with Crippen LogP contribution in [0.25, 0.3) is 11.0 Å². The summed E-state index contributed by atoms with van der Waals surface area (Å²) in [7, 11) is 3.05. The molecule has 0 aliphatic carbocycles. The van der Waals surface area contributed by atoms with Gasteiger partial charge in [0.2, 0.25) is 5.95 Å². The Hall–Kier alpha value is -3.80. The normalized spacial score (nSPS) is 17.2. The number of hydrogen-bond donors (Lipinski definition) is 0. The molecule has 0 N–H and O–H groups in total. The number of carbonyl (C=O) groups is 1. The molecule has 0 spiro atoms. The first-order valence-electron chi connectivity index (χ1n) is 12.9. The lowest BCUT2D eigenvalue weighted by Gasteiger charge is -2.32. The fraction of sp³-hybridized carbons (Fsp3) is 0.462. The molecule has 2 saturated heterocycles. The standard InChI is InChI=1S/C26H30N8O3S/c1-36-25-29-24(30-26(31-25)37-2)33-11-7-17(8-12-33)22-28-20(15-38-22)23(35)32-13-9-18(10-14-32)34-16-27-19-5-3-4-6-21(19)34/h3-6,15-18H,7-14H2,1-2H3. The van der Waals surface area contributed by atoms with Crippen molar-refractivity contribution in [2.75, 3.05) is 45.3 Å². The number of carbonyl (C=O) groups excluding carboxylic acids is 1. The molecule has 11 nitrogen and oxygen atoms in total. The number of likely N-dealkylation sites (tertiary alicyclic amines) is 1. The number of anilines is 1. The molecular formula is C26H30N8O3S. The van der Waals surface area contributed by atoms with Crippen LogP contribution in [0, 0.1) is 0 Å². The molecule has 1 aromatic carbocycles. The van der Waals surface area contributed by atoms with Gasteiger partial charge in [0.1, 0.15) is 5.69 Å². The Balaban J connectivity index is 1.05. The largest absolute Gasteiger partial charge is 0.467 e. The summed E-state index contributed by atoms with van der Waals surface area (Å²) in [6, 6.07) is 9.03. The van der Waals surface area contributed by atoms with Gasteiger partial charge in [-0.1, -0.05) is 12.1 Å². The van der Waals surface area contributed by atoms with Crippen molar-refractivity contribution in [2.45, 2.75) is 37.6 Å². The first kappa shape index (κ1) is 24.5. The van der Waals surface area contributed by atoms with Gasteiger partial charge in [-0.2, -0.15) is 9.97 Å². The van der Waals surface area contributed by atoms with Crippen LogP contribution < -0.4 is 14.4 Å². The summed E-state index contributed by atoms with van der Waals surface area (Å²) in [5.74, 6) is 0.890. The number of aromatic nitrogens is 6. The number of hydrogen-bond acceptors (Lipinski definition) is 10. The Bertz CT molecular complexity index is 1400. The fourth-order valence-corrected chi connectivity index (χ4v) is 6.30. The van der Waals surface area contributed by atoms with Gasteiger partial charge in [0.25, 0.3) is 5.91 Å². The van der Waals surface area contributed by atoms with Crippen LogP contribution >= 0.6 is 11.3 Å². The highest BCUT2D eigenvalue weighted by Crippen LogP contribution is 2.33. The summed E-state index contributed by atoms with van der Waals surface area (Å²) in [5.41, 5.74) is 2.73. The van der Waals surface area contributed by atoms with Crippen LogP contribution in [0.1, 0.15) is 53.1 Å². The fourth-order valence-electron chi connectivity index (χ4n) is 5.33. The van der Waals surface area contributed by atoms with Crippen LogP contribution in [0.15, 0.2) is 36.0 Å². The van der Waals surface area contributed by atoms with Crippen LogP contribution in [-0.2, 0) is 0 Å². The van der Waals surface area contributed by atoms with E-state index in [1.807, 2.05) is 34.8 Å². The van der Waals surface area contributed by atoms with E-state index in [2.05, 4.69) is 35.5 Å². The highest BCUT2D eigenvalue weighted by molar-refractivity contribution is 7.09. The zero-order chi connectivity index (χ0) is 26.1. The minimum absolute atomic E-state index is 0.0308. The van der Waals surface area contributed by atoms with E-state index in [-0.39, 0.29) is 17.9 Å². The van der Waals surface area contributed by atoms with Crippen molar-refractivity contribution in [3.8, 4) is 12.0 Å². The molecule has 0 unspecified atom stereocenters. The SMILES string of the molecule is COc1nc(OC)nc(N2CCC(c3nc(C(=O)N4CCC(n5cnc6ccccc65)CC4)cs3)CC2)n1. The van der Waals surface area contributed by atoms with Gasteiger partial charge in [-0.25, -0.2) is 9.97 Å². The van der Waals surface area contributed by atoms with Crippen LogP contribution in [0.2, 0.25) is 0 Å². The number of rotatable bonds is 6. The summed E-state index contributed by atoms with van der Waals surface area (Å²) < 4.78 is 12.6. The van der Waals surface area contributed by atoms with E-state index in [9.17, 15) is 4.79 Å². The lowest BCUT2D eigenvalue weighted by molar-refractivity contribution is 0.0690. The van der Waals surface area contributed by atoms with Crippen molar-refractivity contribution >= 4 is 34.2 Å². The van der Waals surface area contributed by atoms with E-state index in [4.69, 9.17) is 14.5 Å². The Morgan fingerprint density at radius 3 is 2.34 bits per heavy atom. The van der Waals surface area contributed by atoms with Gasteiger partial charge >= 0.3 is 12.0 Å². The van der Waals surface area contributed by atoms with Gasteiger partial charge in [-0.3, -0.25) is 4.79 Å². The zero-order valence-electron chi connectivity index (χ0n) is 21.5. The Kier molecular flexibility index (Phi) is 6.79. The van der Waals surface area contributed by atoms with Gasteiger partial charge in [0.15, 0.2) is 0 Å². The van der Waals surface area contributed by atoms with Crippen LogP contribution in [0.3, 0.4) is 0 Å². The number of para-hydroxylation sites is 2. The molecule has 1 amide bonds. The lowest BCUT2D eigenvalue weighted by atomic mass is 9.98. The van der Waals surface area contributed by atoms with Crippen LogP contribution in [-0.4, -0.2) is 80.7 Å². The van der Waals surface area contributed by atoms with Crippen LogP contribution in [0.4, 0.5) is 5.95 Å². The van der Waals surface area contributed by atoms with E-state index in [0.29, 0.717) is 23.6 Å². The van der Waals surface area contributed by atoms with Crippen molar-refractivity contribution < 1.29 is 14.3 Å². The molecule has 5 heterocycles. The molecule has 0 bridgehead atoms. The van der Waals surface area contributed by atoms with Crippen molar-refractivity contribution in [2.24, 2.45) is 0 Å². The average Bonchev–Trinajstić information content (AvgIpc) is 3.65. The van der Waals surface area contributed by atoms with Gasteiger partial charge in [0, 0.05) is 43.5 Å². The van der Waals surface area contributed by atoms with Gasteiger partial charge < -0.3 is 23.8 Å². The summed E-state index contributed by atoms with van der Waals surface area (Å²) in [4.78, 5) is 39.4. The molecule has 198 valence electrons. The number of nitrogens with zero attached hydrogens (tertiary/aromatic N) is 8. The predicted molar refractivity (Wildman–Crippen MR) is 143 cm³/mol. The maximum atomic E-state index is 13.3. The zero-order valence-corrected chi connectivity index (χ0v) is 22.3. The molecular weight excluding hydrogens is 504 g/mol. The first-order valence-corrected chi connectivity index (χ1v) is 13.8. The highest BCUT2D eigenvalue weighted by atomic mass is 32.1. The van der Waals surface area contributed by atoms with Gasteiger partial charge in [0.05, 0.1) is 36.6 Å². The number of methoxy groups -OCH3 is 2. The van der Waals surface area contributed by atoms with E-state index in [1.54, 1.807) is 11.3 Å². The summed E-state index contributed by atoms with van der Waals surface area (Å²) in [6.07, 6.45) is 5.56. The second-order valence-electron chi connectivity index (χ2n) is 9.61. The van der Waals surface area contributed by atoms with Gasteiger partial charge in [-0.15, -0.1) is 16.3 Å². The lowest BCUT2D eigenvalue weighted by Crippen LogP contribution is -2.39. The van der Waals surface area contributed by atoms with Crippen molar-refractivity contribution in [1.29, 1.82) is 0 Å². The van der Waals surface area contributed by atoms with Gasteiger partial charge in [-0.05, 0) is 37.8 Å². The molecule has 6 rings (SSSR count). The van der Waals surface area contributed by atoms with Crippen LogP contribution in [0.5, 0.6) is 12.0 Å². The third-order valence-corrected chi connectivity index (χ3v) is 8.45. The smallest absolute Gasteiger partial charge is 0.324 e. The number of benzene rings is 1. The Labute approximate surface area is 224 Å². The number of amides is 1. The second kappa shape index (κ2) is 10.5. The molecule has 4 aromatic rings. The monoisotopic (exact) mass is 534 g/mol. The third kappa shape index (κ3) is 4.75. The Morgan fingerprint density at radius 2 is 1.63 bits per heavy atom. The second-order valence-corrected chi connectivity index (χ2v) is 10.5. The van der Waals surface area contributed by atoms with E-state index in [0.717, 1.165) is 67.9 Å². The van der Waals surface area contributed by atoms with Crippen molar-refractivity contribution in [1.82, 2.24) is 34.4 Å². The number of ether oxygens (including phenoxy) is 2. The quantitative estimate of drug-likeness (QED) is 0.367. The molecule has 0 saturated carbocycles. The molecule has 2 aliphatic rings. The maximum Gasteiger partial charge on any atom is 0.324 e.